The summed E-state index contributed by atoms with van der Waals surface area (Å²) < 4.78 is 0. The Morgan fingerprint density at radius 3 is 2.95 bits per heavy atom. The summed E-state index contributed by atoms with van der Waals surface area (Å²) in [6.07, 6.45) is 7.77. The van der Waals surface area contributed by atoms with Gasteiger partial charge in [-0.15, -0.1) is 22.7 Å². The van der Waals surface area contributed by atoms with Crippen LogP contribution in [-0.2, 0) is 13.0 Å². The molecular formula is C15H22N4S2. The molecular weight excluding hydrogens is 300 g/mol. The first-order valence-electron chi connectivity index (χ1n) is 7.49. The Hall–Kier alpha value is -0.980. The number of rotatable bonds is 5. The van der Waals surface area contributed by atoms with Crippen LogP contribution in [0.1, 0.15) is 27.6 Å². The monoisotopic (exact) mass is 322 g/mol. The largest absolute Gasteiger partial charge is 0.365 e. The summed E-state index contributed by atoms with van der Waals surface area (Å²) >= 11 is 3.61. The highest BCUT2D eigenvalue weighted by Crippen LogP contribution is 2.26. The number of hydrogen-bond acceptors (Lipinski definition) is 6. The van der Waals surface area contributed by atoms with Gasteiger partial charge in [0.05, 0.1) is 5.01 Å². The fourth-order valence-corrected chi connectivity index (χ4v) is 4.63. The molecule has 1 unspecified atom stereocenters. The molecule has 0 radical (unpaired) electrons. The predicted octanol–water partition coefficient (Wildman–Crippen LogP) is 3.40. The molecule has 3 rings (SSSR count). The van der Waals surface area contributed by atoms with Gasteiger partial charge in [0.2, 0.25) is 0 Å². The second-order valence-electron chi connectivity index (χ2n) is 5.69. The summed E-state index contributed by atoms with van der Waals surface area (Å²) in [5, 5.41) is 5.42. The van der Waals surface area contributed by atoms with Crippen LogP contribution < -0.4 is 5.32 Å². The second kappa shape index (κ2) is 6.85. The topological polar surface area (TPSA) is 41.1 Å². The molecule has 0 spiro atoms. The Morgan fingerprint density at radius 2 is 2.24 bits per heavy atom. The normalized spacial score (nSPS) is 19.8. The van der Waals surface area contributed by atoms with Gasteiger partial charge in [-0.1, -0.05) is 0 Å². The molecule has 1 aliphatic heterocycles. The summed E-state index contributed by atoms with van der Waals surface area (Å²) in [6, 6.07) is 0. The second-order valence-corrected chi connectivity index (χ2v) is 8.13. The smallest absolute Gasteiger partial charge is 0.182 e. The van der Waals surface area contributed by atoms with Crippen molar-refractivity contribution in [3.8, 4) is 0 Å². The Morgan fingerprint density at radius 1 is 1.33 bits per heavy atom. The van der Waals surface area contributed by atoms with Gasteiger partial charge in [-0.3, -0.25) is 4.90 Å². The number of nitrogens with one attached hydrogen (secondary N) is 1. The van der Waals surface area contributed by atoms with Crippen molar-refractivity contribution in [2.24, 2.45) is 5.92 Å². The van der Waals surface area contributed by atoms with Crippen molar-refractivity contribution in [2.75, 3.05) is 25.5 Å². The number of thiazole rings is 2. The average Bonchev–Trinajstić information content (AvgIpc) is 3.08. The number of nitrogens with zero attached hydrogens (tertiary/aromatic N) is 3. The molecule has 1 atom stereocenters. The van der Waals surface area contributed by atoms with Crippen LogP contribution in [0.25, 0.3) is 0 Å². The van der Waals surface area contributed by atoms with Crippen molar-refractivity contribution >= 4 is 27.8 Å². The van der Waals surface area contributed by atoms with Crippen LogP contribution in [0.5, 0.6) is 0 Å². The molecule has 2 aromatic rings. The molecule has 1 saturated heterocycles. The van der Waals surface area contributed by atoms with Gasteiger partial charge in [0.15, 0.2) is 5.13 Å². The molecule has 0 aliphatic carbocycles. The Balaban J connectivity index is 1.55. The van der Waals surface area contributed by atoms with Crippen molar-refractivity contribution in [2.45, 2.75) is 32.7 Å². The van der Waals surface area contributed by atoms with E-state index >= 15 is 0 Å². The summed E-state index contributed by atoms with van der Waals surface area (Å²) in [7, 11) is 1.93. The maximum Gasteiger partial charge on any atom is 0.182 e. The molecule has 0 amide bonds. The summed E-state index contributed by atoms with van der Waals surface area (Å²) in [5.41, 5.74) is 0. The van der Waals surface area contributed by atoms with Gasteiger partial charge in [-0.25, -0.2) is 9.97 Å². The molecule has 2 aromatic heterocycles. The minimum atomic E-state index is 0.751. The van der Waals surface area contributed by atoms with E-state index in [1.807, 2.05) is 30.8 Å². The third kappa shape index (κ3) is 4.02. The van der Waals surface area contributed by atoms with Gasteiger partial charge < -0.3 is 5.32 Å². The van der Waals surface area contributed by atoms with Crippen LogP contribution in [0.3, 0.4) is 0 Å². The molecule has 3 heterocycles. The fraction of sp³-hybridized carbons (Fsp3) is 0.600. The van der Waals surface area contributed by atoms with Gasteiger partial charge >= 0.3 is 0 Å². The Bertz CT molecular complexity index is 578. The first-order chi connectivity index (χ1) is 10.2. The number of anilines is 1. The standard InChI is InChI=1S/C15H22N4S2/c1-11-7-17-14(20-11)6-12-4-3-5-19(9-12)10-13-8-18-15(16-2)21-13/h7-8,12H,3-6,9-10H2,1-2H3,(H,16,18). The lowest BCUT2D eigenvalue weighted by Gasteiger charge is -2.31. The molecule has 1 N–H and O–H groups in total. The molecule has 1 aliphatic rings. The number of hydrogen-bond donors (Lipinski definition) is 1. The summed E-state index contributed by atoms with van der Waals surface area (Å²) in [6.45, 7) is 5.57. The minimum absolute atomic E-state index is 0.751. The van der Waals surface area contributed by atoms with Crippen molar-refractivity contribution in [3.63, 3.8) is 0 Å². The van der Waals surface area contributed by atoms with E-state index in [0.717, 1.165) is 24.0 Å². The predicted molar refractivity (Wildman–Crippen MR) is 90.2 cm³/mol. The molecule has 4 nitrogen and oxygen atoms in total. The summed E-state index contributed by atoms with van der Waals surface area (Å²) in [5.74, 6) is 0.751. The molecule has 0 saturated carbocycles. The quantitative estimate of drug-likeness (QED) is 0.916. The van der Waals surface area contributed by atoms with Crippen molar-refractivity contribution < 1.29 is 0 Å². The van der Waals surface area contributed by atoms with Crippen LogP contribution in [-0.4, -0.2) is 35.0 Å². The molecule has 1 fully saturated rings. The van der Waals surface area contributed by atoms with Gasteiger partial charge in [0, 0.05) is 48.7 Å². The fourth-order valence-electron chi connectivity index (χ4n) is 2.92. The zero-order valence-corrected chi connectivity index (χ0v) is 14.3. The SMILES string of the molecule is CNc1ncc(CN2CCCC(Cc3ncc(C)s3)C2)s1. The molecule has 0 aromatic carbocycles. The van der Waals surface area contributed by atoms with Crippen LogP contribution in [0, 0.1) is 12.8 Å². The van der Waals surface area contributed by atoms with E-state index in [0.29, 0.717) is 0 Å². The Kier molecular flexibility index (Phi) is 4.87. The van der Waals surface area contributed by atoms with Crippen molar-refractivity contribution in [1.82, 2.24) is 14.9 Å². The van der Waals surface area contributed by atoms with Crippen molar-refractivity contribution in [1.29, 1.82) is 0 Å². The van der Waals surface area contributed by atoms with Gasteiger partial charge in [0.25, 0.3) is 0 Å². The van der Waals surface area contributed by atoms with E-state index in [-0.39, 0.29) is 0 Å². The number of aromatic nitrogens is 2. The third-order valence-electron chi connectivity index (χ3n) is 3.88. The van der Waals surface area contributed by atoms with Gasteiger partial charge in [0.1, 0.15) is 0 Å². The molecule has 114 valence electrons. The third-order valence-corrected chi connectivity index (χ3v) is 5.82. The molecule has 0 bridgehead atoms. The first-order valence-corrected chi connectivity index (χ1v) is 9.12. The van der Waals surface area contributed by atoms with Crippen LogP contribution in [0.4, 0.5) is 5.13 Å². The lowest BCUT2D eigenvalue weighted by molar-refractivity contribution is 0.168. The minimum Gasteiger partial charge on any atom is -0.365 e. The maximum absolute atomic E-state index is 4.52. The van der Waals surface area contributed by atoms with E-state index in [4.69, 9.17) is 0 Å². The Labute approximate surface area is 134 Å². The van der Waals surface area contributed by atoms with Gasteiger partial charge in [-0.2, -0.15) is 0 Å². The molecule has 6 heteroatoms. The van der Waals surface area contributed by atoms with E-state index in [9.17, 15) is 0 Å². The highest BCUT2D eigenvalue weighted by atomic mass is 32.1. The van der Waals surface area contributed by atoms with Crippen LogP contribution in [0.2, 0.25) is 0 Å². The highest BCUT2D eigenvalue weighted by Gasteiger charge is 2.21. The van der Waals surface area contributed by atoms with E-state index < -0.39 is 0 Å². The molecule has 21 heavy (non-hydrogen) atoms. The van der Waals surface area contributed by atoms with E-state index in [1.54, 1.807) is 11.3 Å². The number of likely N-dealkylation sites (tertiary alicyclic amines) is 1. The maximum atomic E-state index is 4.52. The van der Waals surface area contributed by atoms with Crippen molar-refractivity contribution in [3.05, 3.63) is 27.2 Å². The van der Waals surface area contributed by atoms with E-state index in [1.165, 1.54) is 40.7 Å². The lowest BCUT2D eigenvalue weighted by Crippen LogP contribution is -2.35. The zero-order valence-electron chi connectivity index (χ0n) is 12.6. The number of piperidine rings is 1. The first kappa shape index (κ1) is 14.9. The average molecular weight is 323 g/mol. The van der Waals surface area contributed by atoms with Crippen LogP contribution in [0.15, 0.2) is 12.4 Å². The number of aryl methyl sites for hydroxylation is 1. The van der Waals surface area contributed by atoms with Gasteiger partial charge in [-0.05, 0) is 32.2 Å². The lowest BCUT2D eigenvalue weighted by atomic mass is 9.95. The van der Waals surface area contributed by atoms with E-state index in [2.05, 4.69) is 27.1 Å². The zero-order chi connectivity index (χ0) is 14.7. The van der Waals surface area contributed by atoms with Crippen LogP contribution >= 0.6 is 22.7 Å². The summed E-state index contributed by atoms with van der Waals surface area (Å²) in [4.78, 5) is 14.1. The highest BCUT2D eigenvalue weighted by molar-refractivity contribution is 7.15.